The predicted molar refractivity (Wildman–Crippen MR) is 61.8 cm³/mol. The summed E-state index contributed by atoms with van der Waals surface area (Å²) in [6.07, 6.45) is 3.77. The second-order valence-electron chi connectivity index (χ2n) is 5.43. The van der Waals surface area contributed by atoms with Crippen LogP contribution in [0.2, 0.25) is 0 Å². The van der Waals surface area contributed by atoms with Crippen molar-refractivity contribution >= 4 is 0 Å². The van der Waals surface area contributed by atoms with Gasteiger partial charge in [0.15, 0.2) is 0 Å². The van der Waals surface area contributed by atoms with E-state index in [1.165, 1.54) is 19.3 Å². The molecule has 0 aromatic rings. The molecule has 1 heterocycles. The van der Waals surface area contributed by atoms with Gasteiger partial charge < -0.3 is 10.2 Å². The number of rotatable bonds is 4. The van der Waals surface area contributed by atoms with Gasteiger partial charge in [-0.05, 0) is 26.7 Å². The maximum Gasteiger partial charge on any atom is 0.0519 e. The summed E-state index contributed by atoms with van der Waals surface area (Å²) >= 11 is 0. The quantitative estimate of drug-likeness (QED) is 0.741. The second-order valence-corrected chi connectivity index (χ2v) is 5.43. The molecule has 2 N–H and O–H groups in total. The summed E-state index contributed by atoms with van der Waals surface area (Å²) in [7, 11) is 0. The van der Waals surface area contributed by atoms with Crippen LogP contribution in [-0.4, -0.2) is 47.0 Å². The Hall–Kier alpha value is -0.120. The fraction of sp³-hybridized carbons (Fsp3) is 1.00. The van der Waals surface area contributed by atoms with E-state index in [1.54, 1.807) is 0 Å². The van der Waals surface area contributed by atoms with Crippen LogP contribution < -0.4 is 0 Å². The number of aliphatic hydroxyl groups is 2. The van der Waals surface area contributed by atoms with Crippen molar-refractivity contribution in [2.75, 3.05) is 19.8 Å². The third-order valence-electron chi connectivity index (χ3n) is 3.70. The van der Waals surface area contributed by atoms with E-state index in [0.717, 1.165) is 6.54 Å². The first kappa shape index (κ1) is 12.9. The van der Waals surface area contributed by atoms with Crippen molar-refractivity contribution in [3.63, 3.8) is 0 Å². The van der Waals surface area contributed by atoms with Gasteiger partial charge in [0.05, 0.1) is 13.2 Å². The molecule has 0 radical (unpaired) electrons. The highest BCUT2D eigenvalue weighted by atomic mass is 16.3. The molecule has 1 aliphatic rings. The molecule has 1 aliphatic heterocycles. The molecule has 0 spiro atoms. The molecule has 3 heteroatoms. The molecule has 0 aromatic heterocycles. The van der Waals surface area contributed by atoms with Gasteiger partial charge in [-0.1, -0.05) is 13.3 Å². The van der Waals surface area contributed by atoms with Gasteiger partial charge in [-0.15, -0.1) is 0 Å². The van der Waals surface area contributed by atoms with Crippen molar-refractivity contribution in [1.82, 2.24) is 4.90 Å². The molecule has 90 valence electrons. The molecule has 0 aliphatic carbocycles. The number of piperidine rings is 1. The number of hydrogen-bond donors (Lipinski definition) is 2. The first-order valence-electron chi connectivity index (χ1n) is 6.00. The average Bonchev–Trinajstić information content (AvgIpc) is 2.23. The van der Waals surface area contributed by atoms with Gasteiger partial charge in [0.25, 0.3) is 0 Å². The molecule has 0 saturated carbocycles. The van der Waals surface area contributed by atoms with Gasteiger partial charge in [0, 0.05) is 24.0 Å². The van der Waals surface area contributed by atoms with E-state index in [0.29, 0.717) is 12.1 Å². The molecule has 15 heavy (non-hydrogen) atoms. The molecule has 2 unspecified atom stereocenters. The minimum atomic E-state index is -0.361. The topological polar surface area (TPSA) is 43.7 Å². The van der Waals surface area contributed by atoms with Gasteiger partial charge in [0.2, 0.25) is 0 Å². The Bertz CT molecular complexity index is 182. The SMILES string of the molecule is CC1CCCC(C)N1CC(C)(CO)CO. The summed E-state index contributed by atoms with van der Waals surface area (Å²) in [5.74, 6) is 0. The zero-order valence-electron chi connectivity index (χ0n) is 10.2. The molecular weight excluding hydrogens is 190 g/mol. The van der Waals surface area contributed by atoms with Crippen LogP contribution >= 0.6 is 0 Å². The molecule has 0 bridgehead atoms. The van der Waals surface area contributed by atoms with Crippen LogP contribution in [0.1, 0.15) is 40.0 Å². The number of likely N-dealkylation sites (tertiary alicyclic amines) is 1. The lowest BCUT2D eigenvalue weighted by Gasteiger charge is -2.43. The molecule has 3 nitrogen and oxygen atoms in total. The fourth-order valence-electron chi connectivity index (χ4n) is 2.38. The van der Waals surface area contributed by atoms with E-state index < -0.39 is 0 Å². The zero-order valence-corrected chi connectivity index (χ0v) is 10.2. The van der Waals surface area contributed by atoms with E-state index >= 15 is 0 Å². The highest BCUT2D eigenvalue weighted by molar-refractivity contribution is 4.85. The van der Waals surface area contributed by atoms with Crippen molar-refractivity contribution in [3.05, 3.63) is 0 Å². The summed E-state index contributed by atoms with van der Waals surface area (Å²) in [4.78, 5) is 2.43. The molecule has 0 amide bonds. The fourth-order valence-corrected chi connectivity index (χ4v) is 2.38. The van der Waals surface area contributed by atoms with Gasteiger partial charge in [-0.2, -0.15) is 0 Å². The van der Waals surface area contributed by atoms with Crippen LogP contribution in [0.15, 0.2) is 0 Å². The normalized spacial score (nSPS) is 29.4. The van der Waals surface area contributed by atoms with Crippen LogP contribution in [0.5, 0.6) is 0 Å². The molecule has 1 saturated heterocycles. The Morgan fingerprint density at radius 2 is 1.60 bits per heavy atom. The third-order valence-corrected chi connectivity index (χ3v) is 3.70. The van der Waals surface area contributed by atoms with Crippen LogP contribution in [0.25, 0.3) is 0 Å². The van der Waals surface area contributed by atoms with Gasteiger partial charge in [0.1, 0.15) is 0 Å². The van der Waals surface area contributed by atoms with E-state index in [2.05, 4.69) is 18.7 Å². The highest BCUT2D eigenvalue weighted by Crippen LogP contribution is 2.27. The average molecular weight is 215 g/mol. The molecule has 1 rings (SSSR count). The summed E-state index contributed by atoms with van der Waals surface area (Å²) in [6.45, 7) is 7.33. The van der Waals surface area contributed by atoms with Crippen LogP contribution in [0.4, 0.5) is 0 Å². The Kier molecular flexibility index (Phi) is 4.56. The summed E-state index contributed by atoms with van der Waals surface area (Å²) in [5, 5.41) is 18.6. The Morgan fingerprint density at radius 3 is 2.00 bits per heavy atom. The van der Waals surface area contributed by atoms with Crippen molar-refractivity contribution in [3.8, 4) is 0 Å². The Morgan fingerprint density at radius 1 is 1.13 bits per heavy atom. The number of nitrogens with zero attached hydrogens (tertiary/aromatic N) is 1. The molecule has 0 aromatic carbocycles. The van der Waals surface area contributed by atoms with Crippen molar-refractivity contribution in [2.45, 2.75) is 52.1 Å². The van der Waals surface area contributed by atoms with E-state index in [9.17, 15) is 10.2 Å². The standard InChI is InChI=1S/C12H25NO2/c1-10-5-4-6-11(2)13(10)7-12(3,8-14)9-15/h10-11,14-15H,4-9H2,1-3H3. The molecule has 1 fully saturated rings. The van der Waals surface area contributed by atoms with Crippen LogP contribution in [-0.2, 0) is 0 Å². The predicted octanol–water partition coefficient (Wildman–Crippen LogP) is 1.24. The number of hydrogen-bond acceptors (Lipinski definition) is 3. The Balaban J connectivity index is 2.61. The highest BCUT2D eigenvalue weighted by Gasteiger charge is 2.32. The van der Waals surface area contributed by atoms with Gasteiger partial charge >= 0.3 is 0 Å². The molecular formula is C12H25NO2. The monoisotopic (exact) mass is 215 g/mol. The zero-order chi connectivity index (χ0) is 11.5. The van der Waals surface area contributed by atoms with Crippen molar-refractivity contribution in [2.24, 2.45) is 5.41 Å². The first-order chi connectivity index (χ1) is 7.02. The van der Waals surface area contributed by atoms with Crippen molar-refractivity contribution in [1.29, 1.82) is 0 Å². The van der Waals surface area contributed by atoms with Crippen molar-refractivity contribution < 1.29 is 10.2 Å². The lowest BCUT2D eigenvalue weighted by atomic mass is 9.88. The van der Waals surface area contributed by atoms with Gasteiger partial charge in [-0.3, -0.25) is 4.90 Å². The smallest absolute Gasteiger partial charge is 0.0519 e. The molecule has 2 atom stereocenters. The third kappa shape index (κ3) is 3.16. The second kappa shape index (κ2) is 5.28. The minimum Gasteiger partial charge on any atom is -0.396 e. The first-order valence-corrected chi connectivity index (χ1v) is 6.00. The van der Waals surface area contributed by atoms with E-state index in [1.807, 2.05) is 6.92 Å². The summed E-state index contributed by atoms with van der Waals surface area (Å²) in [5.41, 5.74) is -0.361. The van der Waals surface area contributed by atoms with Gasteiger partial charge in [-0.25, -0.2) is 0 Å². The lowest BCUT2D eigenvalue weighted by molar-refractivity contribution is -0.00354. The minimum absolute atomic E-state index is 0.0550. The number of aliphatic hydroxyl groups excluding tert-OH is 2. The lowest BCUT2D eigenvalue weighted by Crippen LogP contribution is -2.50. The Labute approximate surface area is 93.1 Å². The maximum absolute atomic E-state index is 9.30. The summed E-state index contributed by atoms with van der Waals surface area (Å²) < 4.78 is 0. The van der Waals surface area contributed by atoms with Crippen LogP contribution in [0, 0.1) is 5.41 Å². The largest absolute Gasteiger partial charge is 0.396 e. The van der Waals surface area contributed by atoms with Crippen LogP contribution in [0.3, 0.4) is 0 Å². The summed E-state index contributed by atoms with van der Waals surface area (Å²) in [6, 6.07) is 1.15. The van der Waals surface area contributed by atoms with E-state index in [4.69, 9.17) is 0 Å². The van der Waals surface area contributed by atoms with E-state index in [-0.39, 0.29) is 18.6 Å². The maximum atomic E-state index is 9.30.